The molecule has 0 atom stereocenters. The Labute approximate surface area is 30.2 Å². The molecule has 0 amide bonds. The van der Waals surface area contributed by atoms with E-state index in [0.29, 0.717) is 0 Å². The fraction of sp³-hybridized carbons (Fsp3) is 0. The summed E-state index contributed by atoms with van der Waals surface area (Å²) >= 11 is 0. The van der Waals surface area contributed by atoms with E-state index >= 15 is 0 Å². The molecule has 0 fully saturated rings. The Morgan fingerprint density at radius 2 is 2.20 bits per heavy atom. The Hall–Kier alpha value is -0.395. The molecule has 0 N–H and O–H groups in total. The summed E-state index contributed by atoms with van der Waals surface area (Å²) in [6.07, 6.45) is 1.42. The number of allylic oxidation sites excluding steroid dienone is 1. The molecule has 0 aromatic rings. The zero-order valence-electron chi connectivity index (χ0n) is 2.61. The fourth-order valence-corrected chi connectivity index (χ4v) is 0.169. The molecule has 2 heteroatoms. The van der Waals surface area contributed by atoms with Gasteiger partial charge in [0, 0.05) is 0 Å². The summed E-state index contributed by atoms with van der Waals surface area (Å²) in [5.74, 6) is 1.66. The van der Waals surface area contributed by atoms with Crippen molar-refractivity contribution < 1.29 is 4.39 Å². The van der Waals surface area contributed by atoms with Gasteiger partial charge in [0.1, 0.15) is 0 Å². The molecule has 1 heterocycles. The molecule has 24 valence electrons. The van der Waals surface area contributed by atoms with Crippen LogP contribution in [0.2, 0.25) is 0 Å². The van der Waals surface area contributed by atoms with Gasteiger partial charge in [-0.3, -0.25) is 0 Å². The van der Waals surface area contributed by atoms with Gasteiger partial charge in [-0.25, -0.2) is 0 Å². The van der Waals surface area contributed by atoms with Crippen molar-refractivity contribution in [3.05, 3.63) is 12.1 Å². The van der Waals surface area contributed by atoms with Crippen LogP contribution in [0.1, 0.15) is 0 Å². The van der Waals surface area contributed by atoms with Crippen LogP contribution in [0.4, 0.5) is 4.39 Å². The second-order valence-corrected chi connectivity index (χ2v) is 0.911. The van der Waals surface area contributed by atoms with Gasteiger partial charge in [0.15, 0.2) is 0 Å². The van der Waals surface area contributed by atoms with Gasteiger partial charge >= 0.3 is 29.1 Å². The van der Waals surface area contributed by atoms with Gasteiger partial charge in [0.05, 0.1) is 0 Å². The standard InChI is InChI=1S/C3H2BF/c5-3-1-2-4-3/h1-2H. The first-order valence-corrected chi connectivity index (χ1v) is 1.43. The molecule has 0 aromatic carbocycles. The summed E-state index contributed by atoms with van der Waals surface area (Å²) in [7, 11) is 0. The van der Waals surface area contributed by atoms with E-state index in [2.05, 4.69) is 0 Å². The molecule has 0 spiro atoms. The summed E-state index contributed by atoms with van der Waals surface area (Å²) < 4.78 is 11.3. The van der Waals surface area contributed by atoms with Crippen molar-refractivity contribution >= 4 is 12.6 Å². The van der Waals surface area contributed by atoms with Gasteiger partial charge in [-0.2, -0.15) is 0 Å². The van der Waals surface area contributed by atoms with Crippen molar-refractivity contribution in [2.75, 3.05) is 0 Å². The number of hydrogen-bond donors (Lipinski definition) is 0. The average Bonchev–Trinajstić information content (AvgIpc) is 1.30. The third kappa shape index (κ3) is 0.296. The van der Waals surface area contributed by atoms with Crippen LogP contribution in [0.25, 0.3) is 0 Å². The first-order chi connectivity index (χ1) is 2.39. The molecule has 1 aliphatic heterocycles. The van der Waals surface area contributed by atoms with E-state index in [4.69, 9.17) is 0 Å². The molecule has 0 nitrogen and oxygen atoms in total. The van der Waals surface area contributed by atoms with Crippen LogP contribution in [0.5, 0.6) is 0 Å². The Morgan fingerprint density at radius 3 is 2.20 bits per heavy atom. The van der Waals surface area contributed by atoms with E-state index in [-0.39, 0.29) is 5.72 Å². The minimum absolute atomic E-state index is 0.120. The van der Waals surface area contributed by atoms with E-state index in [1.165, 1.54) is 13.0 Å². The third-order valence-electron chi connectivity index (χ3n) is 0.511. The van der Waals surface area contributed by atoms with Crippen LogP contribution in [0, 0.1) is 0 Å². The van der Waals surface area contributed by atoms with Crippen LogP contribution in [0.3, 0.4) is 0 Å². The quantitative estimate of drug-likeness (QED) is 0.358. The molecule has 0 aromatic heterocycles. The summed E-state index contributed by atoms with van der Waals surface area (Å²) in [5, 5.41) is 0. The number of hydrogen-bond acceptors (Lipinski definition) is 0. The normalized spacial score (nSPS) is 15.8. The molecule has 0 aliphatic carbocycles. The van der Waals surface area contributed by atoms with Crippen LogP contribution in [-0.4, -0.2) is 12.6 Å². The van der Waals surface area contributed by atoms with Gasteiger partial charge in [0.2, 0.25) is 0 Å². The van der Waals surface area contributed by atoms with E-state index in [1.54, 1.807) is 5.98 Å². The van der Waals surface area contributed by atoms with E-state index in [9.17, 15) is 4.39 Å². The molecule has 1 aliphatic rings. The van der Waals surface area contributed by atoms with Crippen molar-refractivity contribution in [3.8, 4) is 0 Å². The molecule has 0 saturated heterocycles. The molecule has 5 heavy (non-hydrogen) atoms. The Kier molecular flexibility index (Phi) is 0.439. The summed E-state index contributed by atoms with van der Waals surface area (Å²) in [4.78, 5) is 0. The second kappa shape index (κ2) is 0.779. The van der Waals surface area contributed by atoms with Crippen molar-refractivity contribution in [2.24, 2.45) is 0 Å². The van der Waals surface area contributed by atoms with Crippen molar-refractivity contribution in [2.45, 2.75) is 0 Å². The maximum atomic E-state index is 11.3. The number of rotatable bonds is 0. The molecular formula is C3H2BF. The fourth-order valence-electron chi connectivity index (χ4n) is 0.169. The zero-order valence-corrected chi connectivity index (χ0v) is 2.61. The monoisotopic (exact) mass is 68.0 g/mol. The van der Waals surface area contributed by atoms with Crippen LogP contribution in [0.15, 0.2) is 12.1 Å². The maximum absolute atomic E-state index is 11.3. The summed E-state index contributed by atoms with van der Waals surface area (Å²) in [6.45, 7) is 1.42. The first-order valence-electron chi connectivity index (χ1n) is 1.43. The third-order valence-corrected chi connectivity index (χ3v) is 0.511. The summed E-state index contributed by atoms with van der Waals surface area (Å²) in [6, 6.07) is 0. The van der Waals surface area contributed by atoms with Gasteiger partial charge in [-0.05, 0) is 0 Å². The van der Waals surface area contributed by atoms with Crippen LogP contribution in [-0.2, 0) is 0 Å². The zero-order chi connectivity index (χ0) is 3.70. The predicted molar refractivity (Wildman–Crippen MR) is 21.0 cm³/mol. The number of halogens is 1. The SMILES string of the molecule is FC1=BC=C1. The van der Waals surface area contributed by atoms with Crippen LogP contribution >= 0.6 is 0 Å². The second-order valence-electron chi connectivity index (χ2n) is 0.911. The van der Waals surface area contributed by atoms with Crippen LogP contribution < -0.4 is 0 Å². The molecule has 0 bridgehead atoms. The Bertz CT molecular complexity index is 93.1. The topological polar surface area (TPSA) is 0 Å². The first kappa shape index (κ1) is 2.82. The van der Waals surface area contributed by atoms with E-state index in [0.717, 1.165) is 0 Å². The minimum atomic E-state index is -0.120. The Morgan fingerprint density at radius 1 is 1.80 bits per heavy atom. The molecule has 1 rings (SSSR count). The van der Waals surface area contributed by atoms with Crippen molar-refractivity contribution in [1.82, 2.24) is 0 Å². The van der Waals surface area contributed by atoms with Crippen molar-refractivity contribution in [3.63, 3.8) is 0 Å². The van der Waals surface area contributed by atoms with Gasteiger partial charge in [-0.15, -0.1) is 0 Å². The molecule has 0 saturated carbocycles. The van der Waals surface area contributed by atoms with E-state index in [1.807, 2.05) is 0 Å². The van der Waals surface area contributed by atoms with Gasteiger partial charge in [-0.1, -0.05) is 0 Å². The Balaban J connectivity index is 2.60. The average molecular weight is 67.9 g/mol. The predicted octanol–water partition coefficient (Wildman–Crippen LogP) is 0.317. The molecular weight excluding hydrogens is 65.8 g/mol. The summed E-state index contributed by atoms with van der Waals surface area (Å²) in [5.41, 5.74) is -0.120. The van der Waals surface area contributed by atoms with E-state index < -0.39 is 0 Å². The van der Waals surface area contributed by atoms with Gasteiger partial charge in [0.25, 0.3) is 0 Å². The van der Waals surface area contributed by atoms with Crippen molar-refractivity contribution in [1.29, 1.82) is 0 Å². The molecule has 0 radical (unpaired) electrons. The molecule has 0 unspecified atom stereocenters. The van der Waals surface area contributed by atoms with Gasteiger partial charge < -0.3 is 0 Å².